The molecule has 0 saturated carbocycles. The number of ether oxygens (including phenoxy) is 2. The number of aliphatic hydroxyl groups excluding tert-OH is 1. The number of carbonyl (C=O) groups is 2. The van der Waals surface area contributed by atoms with Crippen LogP contribution in [-0.2, 0) is 19.1 Å². The second kappa shape index (κ2) is 58.9. The number of hydrogen-bond donors (Lipinski definition) is 1. The Balaban J connectivity index is 3.39. The van der Waals surface area contributed by atoms with Crippen LogP contribution in [0.4, 0.5) is 0 Å². The molecular weight excluding hydrogens is 837 g/mol. The van der Waals surface area contributed by atoms with Crippen LogP contribution in [0, 0.1) is 0 Å². The summed E-state index contributed by atoms with van der Waals surface area (Å²) in [6.07, 6.45) is 79.4. The zero-order chi connectivity index (χ0) is 49.2. The van der Waals surface area contributed by atoms with Gasteiger partial charge in [-0.3, -0.25) is 9.59 Å². The van der Waals surface area contributed by atoms with Gasteiger partial charge in [0.2, 0.25) is 0 Å². The van der Waals surface area contributed by atoms with E-state index in [0.717, 1.165) is 64.2 Å². The van der Waals surface area contributed by atoms with Gasteiger partial charge in [0.05, 0.1) is 6.61 Å². The smallest absolute Gasteiger partial charge is 0.306 e. The molecule has 5 nitrogen and oxygen atoms in total. The molecule has 0 bridgehead atoms. The van der Waals surface area contributed by atoms with E-state index in [9.17, 15) is 14.7 Å². The molecule has 1 atom stereocenters. The van der Waals surface area contributed by atoms with Crippen molar-refractivity contribution in [3.05, 3.63) is 60.8 Å². The molecule has 0 aliphatic heterocycles. The molecule has 0 heterocycles. The Kier molecular flexibility index (Phi) is 56.8. The van der Waals surface area contributed by atoms with Gasteiger partial charge in [0, 0.05) is 12.8 Å². The molecule has 68 heavy (non-hydrogen) atoms. The summed E-state index contributed by atoms with van der Waals surface area (Å²) in [6.45, 7) is 4.06. The summed E-state index contributed by atoms with van der Waals surface area (Å²) in [5.74, 6) is -0.573. The Morgan fingerprint density at radius 2 is 0.632 bits per heavy atom. The highest BCUT2D eigenvalue weighted by molar-refractivity contribution is 5.70. The lowest BCUT2D eigenvalue weighted by molar-refractivity contribution is -0.161. The highest BCUT2D eigenvalue weighted by Gasteiger charge is 2.16. The number of allylic oxidation sites excluding steroid dienone is 10. The number of rotatable bonds is 55. The topological polar surface area (TPSA) is 72.8 Å². The third kappa shape index (κ3) is 56.2. The van der Waals surface area contributed by atoms with Crippen LogP contribution in [0.25, 0.3) is 0 Å². The van der Waals surface area contributed by atoms with E-state index < -0.39 is 6.10 Å². The van der Waals surface area contributed by atoms with Crippen LogP contribution in [0.3, 0.4) is 0 Å². The normalized spacial score (nSPS) is 12.6. The van der Waals surface area contributed by atoms with E-state index in [4.69, 9.17) is 9.47 Å². The van der Waals surface area contributed by atoms with Crippen molar-refractivity contribution < 1.29 is 24.2 Å². The standard InChI is InChI=1S/C63H114O5/c1-3-5-7-9-11-13-15-17-19-20-21-22-23-24-25-26-27-28-29-30-31-32-33-34-35-36-37-38-39-40-41-42-44-46-48-50-52-54-56-58-63(66)68-61(59-64)60-67-62(65)57-55-53-51-49-47-45-43-18-16-14-12-10-8-6-4-2/h5,7,11,13,17,19,21-22,24-25,61,64H,3-4,6,8-10,12,14-16,18,20,23,26-60H2,1-2H3/b7-5-,13-11-,19-17-,22-21-,25-24-. The lowest BCUT2D eigenvalue weighted by Crippen LogP contribution is -2.28. The van der Waals surface area contributed by atoms with E-state index in [0.29, 0.717) is 12.8 Å². The van der Waals surface area contributed by atoms with Gasteiger partial charge in [-0.15, -0.1) is 0 Å². The molecule has 5 heteroatoms. The molecule has 0 aromatic rings. The number of hydrogen-bond acceptors (Lipinski definition) is 5. The maximum atomic E-state index is 12.3. The summed E-state index contributed by atoms with van der Waals surface area (Å²) in [5, 5.41) is 9.64. The largest absolute Gasteiger partial charge is 0.462 e. The SMILES string of the molecule is CC/C=C\C/C=C\C/C=C\C/C=C\C/C=C\CCCCCCCCCCCCCCCCCCCCCCCCCC(=O)OC(CO)COC(=O)CCCCCCCCCCCCCCCCC. The van der Waals surface area contributed by atoms with Crippen molar-refractivity contribution in [1.82, 2.24) is 0 Å². The van der Waals surface area contributed by atoms with Gasteiger partial charge >= 0.3 is 11.9 Å². The molecule has 0 radical (unpaired) electrons. The lowest BCUT2D eigenvalue weighted by Gasteiger charge is -2.15. The molecule has 0 fully saturated rings. The van der Waals surface area contributed by atoms with Crippen LogP contribution in [0.2, 0.25) is 0 Å². The number of aliphatic hydroxyl groups is 1. The van der Waals surface area contributed by atoms with Crippen LogP contribution < -0.4 is 0 Å². The molecule has 1 unspecified atom stereocenters. The molecule has 0 aliphatic rings. The number of carbonyl (C=O) groups excluding carboxylic acids is 2. The zero-order valence-electron chi connectivity index (χ0n) is 45.4. The van der Waals surface area contributed by atoms with Gasteiger partial charge in [0.25, 0.3) is 0 Å². The van der Waals surface area contributed by atoms with Gasteiger partial charge in [-0.05, 0) is 57.8 Å². The van der Waals surface area contributed by atoms with Crippen LogP contribution in [0.5, 0.6) is 0 Å². The van der Waals surface area contributed by atoms with Crippen molar-refractivity contribution in [3.63, 3.8) is 0 Å². The first kappa shape index (κ1) is 65.6. The van der Waals surface area contributed by atoms with Gasteiger partial charge in [-0.2, -0.15) is 0 Å². The highest BCUT2D eigenvalue weighted by Crippen LogP contribution is 2.17. The van der Waals surface area contributed by atoms with Crippen LogP contribution in [0.15, 0.2) is 60.8 Å². The Hall–Kier alpha value is -2.40. The van der Waals surface area contributed by atoms with E-state index in [-0.39, 0.29) is 25.2 Å². The molecule has 0 amide bonds. The summed E-state index contributed by atoms with van der Waals surface area (Å²) in [7, 11) is 0. The summed E-state index contributed by atoms with van der Waals surface area (Å²) in [4.78, 5) is 24.5. The molecule has 1 N–H and O–H groups in total. The minimum atomic E-state index is -0.768. The number of esters is 2. The van der Waals surface area contributed by atoms with Crippen molar-refractivity contribution in [3.8, 4) is 0 Å². The van der Waals surface area contributed by atoms with Gasteiger partial charge in [-0.1, -0.05) is 299 Å². The van der Waals surface area contributed by atoms with Crippen molar-refractivity contribution in [2.75, 3.05) is 13.2 Å². The molecule has 0 aromatic heterocycles. The fourth-order valence-corrected chi connectivity index (χ4v) is 8.88. The minimum Gasteiger partial charge on any atom is -0.462 e. The first-order valence-corrected chi connectivity index (χ1v) is 29.8. The zero-order valence-corrected chi connectivity index (χ0v) is 45.4. The van der Waals surface area contributed by atoms with Gasteiger partial charge in [-0.25, -0.2) is 0 Å². The summed E-state index contributed by atoms with van der Waals surface area (Å²) in [5.41, 5.74) is 0. The van der Waals surface area contributed by atoms with Crippen molar-refractivity contribution in [2.45, 2.75) is 315 Å². The summed E-state index contributed by atoms with van der Waals surface area (Å²) in [6, 6.07) is 0. The fourth-order valence-electron chi connectivity index (χ4n) is 8.88. The van der Waals surface area contributed by atoms with Gasteiger partial charge in [0.15, 0.2) is 6.10 Å². The first-order chi connectivity index (χ1) is 33.6. The predicted octanol–water partition coefficient (Wildman–Crippen LogP) is 20.2. The molecule has 0 aromatic carbocycles. The monoisotopic (exact) mass is 951 g/mol. The Morgan fingerprint density at radius 1 is 0.353 bits per heavy atom. The van der Waals surface area contributed by atoms with Crippen molar-refractivity contribution >= 4 is 11.9 Å². The average molecular weight is 952 g/mol. The predicted molar refractivity (Wildman–Crippen MR) is 297 cm³/mol. The third-order valence-electron chi connectivity index (χ3n) is 13.3. The fraction of sp³-hybridized carbons (Fsp3) is 0.810. The highest BCUT2D eigenvalue weighted by atomic mass is 16.6. The van der Waals surface area contributed by atoms with E-state index >= 15 is 0 Å². The van der Waals surface area contributed by atoms with Crippen molar-refractivity contribution in [2.24, 2.45) is 0 Å². The summed E-state index contributed by atoms with van der Waals surface area (Å²) < 4.78 is 10.7. The molecule has 0 saturated heterocycles. The quantitative estimate of drug-likeness (QED) is 0.0374. The minimum absolute atomic E-state index is 0.0599. The molecule has 396 valence electrons. The van der Waals surface area contributed by atoms with Crippen LogP contribution in [-0.4, -0.2) is 36.4 Å². The maximum absolute atomic E-state index is 12.3. The van der Waals surface area contributed by atoms with Gasteiger partial charge < -0.3 is 14.6 Å². The van der Waals surface area contributed by atoms with E-state index in [2.05, 4.69) is 74.6 Å². The maximum Gasteiger partial charge on any atom is 0.306 e. The second-order valence-corrected chi connectivity index (χ2v) is 20.1. The lowest BCUT2D eigenvalue weighted by atomic mass is 10.0. The summed E-state index contributed by atoms with van der Waals surface area (Å²) >= 11 is 0. The molecule has 0 rings (SSSR count). The van der Waals surface area contributed by atoms with Crippen LogP contribution in [0.1, 0.15) is 309 Å². The third-order valence-corrected chi connectivity index (χ3v) is 13.3. The Bertz CT molecular complexity index is 1170. The van der Waals surface area contributed by atoms with E-state index in [1.165, 1.54) is 218 Å². The van der Waals surface area contributed by atoms with Crippen molar-refractivity contribution in [1.29, 1.82) is 0 Å². The molecule has 0 spiro atoms. The van der Waals surface area contributed by atoms with Gasteiger partial charge in [0.1, 0.15) is 6.61 Å². The van der Waals surface area contributed by atoms with E-state index in [1.54, 1.807) is 0 Å². The first-order valence-electron chi connectivity index (χ1n) is 29.8. The molecular formula is C63H114O5. The Labute approximate surface area is 423 Å². The number of unbranched alkanes of at least 4 members (excludes halogenated alkanes) is 37. The Morgan fingerprint density at radius 3 is 0.956 bits per heavy atom. The molecule has 0 aliphatic carbocycles. The average Bonchev–Trinajstić information content (AvgIpc) is 3.34. The second-order valence-electron chi connectivity index (χ2n) is 20.1. The van der Waals surface area contributed by atoms with E-state index in [1.807, 2.05) is 0 Å². The van der Waals surface area contributed by atoms with Crippen LogP contribution >= 0.6 is 0 Å².